The van der Waals surface area contributed by atoms with Gasteiger partial charge < -0.3 is 15.1 Å². The maximum absolute atomic E-state index is 11.7. The van der Waals surface area contributed by atoms with Gasteiger partial charge >= 0.3 is 5.69 Å². The molecular formula is C16H21N7O2. The number of pyridine rings is 1. The SMILES string of the molecule is CN1CCC(N(C)c2ncnc(Nc3cccnc3)c2[N+](=O)[O-])CC1. The molecule has 1 aliphatic heterocycles. The Balaban J connectivity index is 1.91. The van der Waals surface area contributed by atoms with Crippen molar-refractivity contribution in [1.29, 1.82) is 0 Å². The van der Waals surface area contributed by atoms with Crippen LogP contribution in [-0.2, 0) is 0 Å². The molecule has 0 unspecified atom stereocenters. The van der Waals surface area contributed by atoms with Gasteiger partial charge in [0.05, 0.1) is 16.8 Å². The maximum atomic E-state index is 11.7. The van der Waals surface area contributed by atoms with Crippen LogP contribution in [-0.4, -0.2) is 58.0 Å². The van der Waals surface area contributed by atoms with Crippen LogP contribution in [0.15, 0.2) is 30.9 Å². The molecule has 2 aromatic heterocycles. The molecule has 0 amide bonds. The predicted octanol–water partition coefficient (Wildman–Crippen LogP) is 2.05. The van der Waals surface area contributed by atoms with Crippen LogP contribution < -0.4 is 10.2 Å². The van der Waals surface area contributed by atoms with Crippen molar-refractivity contribution >= 4 is 23.0 Å². The number of hydrogen-bond donors (Lipinski definition) is 1. The Morgan fingerprint density at radius 3 is 2.76 bits per heavy atom. The van der Waals surface area contributed by atoms with Crippen LogP contribution in [0.3, 0.4) is 0 Å². The lowest BCUT2D eigenvalue weighted by Gasteiger charge is -2.35. The summed E-state index contributed by atoms with van der Waals surface area (Å²) in [6.45, 7) is 1.93. The van der Waals surface area contributed by atoms with E-state index >= 15 is 0 Å². The molecule has 1 saturated heterocycles. The number of anilines is 3. The molecule has 0 saturated carbocycles. The second kappa shape index (κ2) is 7.39. The number of piperidine rings is 1. The molecule has 9 nitrogen and oxygen atoms in total. The van der Waals surface area contributed by atoms with Gasteiger partial charge in [-0.3, -0.25) is 15.1 Å². The van der Waals surface area contributed by atoms with E-state index < -0.39 is 4.92 Å². The minimum Gasteiger partial charge on any atom is -0.351 e. The Bertz CT molecular complexity index is 733. The van der Waals surface area contributed by atoms with Gasteiger partial charge in [0.1, 0.15) is 6.33 Å². The van der Waals surface area contributed by atoms with Gasteiger partial charge in [0.15, 0.2) is 0 Å². The molecule has 9 heteroatoms. The normalized spacial score (nSPS) is 15.8. The number of rotatable bonds is 5. The third-order valence-electron chi connectivity index (χ3n) is 4.48. The molecule has 0 radical (unpaired) electrons. The van der Waals surface area contributed by atoms with Crippen molar-refractivity contribution in [3.63, 3.8) is 0 Å². The Labute approximate surface area is 145 Å². The van der Waals surface area contributed by atoms with Crippen molar-refractivity contribution in [3.05, 3.63) is 41.0 Å². The number of aromatic nitrogens is 3. The molecular weight excluding hydrogens is 322 g/mol. The van der Waals surface area contributed by atoms with E-state index in [9.17, 15) is 10.1 Å². The number of likely N-dealkylation sites (tertiary alicyclic amines) is 1. The minimum atomic E-state index is -0.431. The second-order valence-corrected chi connectivity index (χ2v) is 6.16. The average Bonchev–Trinajstić information content (AvgIpc) is 2.62. The quantitative estimate of drug-likeness (QED) is 0.650. The summed E-state index contributed by atoms with van der Waals surface area (Å²) >= 11 is 0. The number of nitrogens with zero attached hydrogens (tertiary/aromatic N) is 6. The van der Waals surface area contributed by atoms with Crippen LogP contribution in [0.1, 0.15) is 12.8 Å². The topological polar surface area (TPSA) is 100 Å². The smallest absolute Gasteiger partial charge is 0.351 e. The molecule has 0 aromatic carbocycles. The van der Waals surface area contributed by atoms with E-state index in [0.29, 0.717) is 11.5 Å². The standard InChI is InChI=1S/C16H21N7O2/c1-21-8-5-13(6-9-21)22(2)16-14(23(24)25)15(18-11-19-16)20-12-4-3-7-17-10-12/h3-4,7,10-11,13H,5-6,8-9H2,1-2H3,(H,18,19,20). The van der Waals surface area contributed by atoms with Gasteiger partial charge in [-0.05, 0) is 45.1 Å². The molecule has 3 heterocycles. The highest BCUT2D eigenvalue weighted by molar-refractivity contribution is 5.74. The summed E-state index contributed by atoms with van der Waals surface area (Å²) < 4.78 is 0. The van der Waals surface area contributed by atoms with Crippen LogP contribution >= 0.6 is 0 Å². The zero-order valence-electron chi connectivity index (χ0n) is 14.3. The molecule has 25 heavy (non-hydrogen) atoms. The van der Waals surface area contributed by atoms with Crippen molar-refractivity contribution < 1.29 is 4.92 Å². The molecule has 1 fully saturated rings. The largest absolute Gasteiger partial charge is 0.353 e. The van der Waals surface area contributed by atoms with Gasteiger partial charge in [-0.25, -0.2) is 9.97 Å². The Morgan fingerprint density at radius 1 is 1.36 bits per heavy atom. The highest BCUT2D eigenvalue weighted by Crippen LogP contribution is 2.34. The summed E-state index contributed by atoms with van der Waals surface area (Å²) in [5, 5.41) is 14.7. The first-order chi connectivity index (χ1) is 12.1. The molecule has 2 aromatic rings. The Morgan fingerprint density at radius 2 is 2.12 bits per heavy atom. The summed E-state index contributed by atoms with van der Waals surface area (Å²) in [7, 11) is 3.94. The number of nitrogens with one attached hydrogen (secondary N) is 1. The molecule has 1 N–H and O–H groups in total. The van der Waals surface area contributed by atoms with E-state index in [4.69, 9.17) is 0 Å². The van der Waals surface area contributed by atoms with Gasteiger partial charge in [-0.1, -0.05) is 0 Å². The lowest BCUT2D eigenvalue weighted by Crippen LogP contribution is -2.42. The van der Waals surface area contributed by atoms with Gasteiger partial charge in [0.2, 0.25) is 11.6 Å². The summed E-state index contributed by atoms with van der Waals surface area (Å²) in [6.07, 6.45) is 6.47. The van der Waals surface area contributed by atoms with Crippen LogP contribution in [0.25, 0.3) is 0 Å². The first kappa shape index (κ1) is 17.0. The third-order valence-corrected chi connectivity index (χ3v) is 4.48. The van der Waals surface area contributed by atoms with Crippen molar-refractivity contribution in [2.24, 2.45) is 0 Å². The van der Waals surface area contributed by atoms with Gasteiger partial charge in [0, 0.05) is 19.3 Å². The van der Waals surface area contributed by atoms with Gasteiger partial charge in [-0.15, -0.1) is 0 Å². The molecule has 132 valence electrons. The Kier molecular flexibility index (Phi) is 5.03. The van der Waals surface area contributed by atoms with E-state index in [1.54, 1.807) is 24.5 Å². The van der Waals surface area contributed by atoms with Crippen molar-refractivity contribution in [1.82, 2.24) is 19.9 Å². The molecule has 0 spiro atoms. The van der Waals surface area contributed by atoms with E-state index in [1.807, 2.05) is 11.9 Å². The van der Waals surface area contributed by atoms with Crippen LogP contribution in [0.4, 0.5) is 23.0 Å². The summed E-state index contributed by atoms with van der Waals surface area (Å²) in [4.78, 5) is 27.7. The molecule has 0 bridgehead atoms. The monoisotopic (exact) mass is 343 g/mol. The fourth-order valence-corrected chi connectivity index (χ4v) is 3.02. The van der Waals surface area contributed by atoms with Gasteiger partial charge in [-0.2, -0.15) is 0 Å². The van der Waals surface area contributed by atoms with E-state index in [-0.39, 0.29) is 17.5 Å². The van der Waals surface area contributed by atoms with Crippen molar-refractivity contribution in [2.75, 3.05) is 37.4 Å². The highest BCUT2D eigenvalue weighted by atomic mass is 16.6. The average molecular weight is 343 g/mol. The first-order valence-corrected chi connectivity index (χ1v) is 8.14. The van der Waals surface area contributed by atoms with E-state index in [1.165, 1.54) is 6.33 Å². The number of nitro groups is 1. The third kappa shape index (κ3) is 3.82. The van der Waals surface area contributed by atoms with E-state index in [2.05, 4.69) is 32.2 Å². The zero-order chi connectivity index (χ0) is 17.8. The molecule has 3 rings (SSSR count). The highest BCUT2D eigenvalue weighted by Gasteiger charge is 2.30. The molecule has 1 aliphatic rings. The molecule has 0 atom stereocenters. The summed E-state index contributed by atoms with van der Waals surface area (Å²) in [6, 6.07) is 3.75. The van der Waals surface area contributed by atoms with Crippen LogP contribution in [0.2, 0.25) is 0 Å². The fourth-order valence-electron chi connectivity index (χ4n) is 3.02. The van der Waals surface area contributed by atoms with Crippen LogP contribution in [0, 0.1) is 10.1 Å². The first-order valence-electron chi connectivity index (χ1n) is 8.14. The summed E-state index contributed by atoms with van der Waals surface area (Å²) in [5.74, 6) is 0.503. The minimum absolute atomic E-state index is 0.118. The van der Waals surface area contributed by atoms with Crippen molar-refractivity contribution in [3.8, 4) is 0 Å². The summed E-state index contributed by atoms with van der Waals surface area (Å²) in [5.41, 5.74) is 0.518. The van der Waals surface area contributed by atoms with E-state index in [0.717, 1.165) is 25.9 Å². The van der Waals surface area contributed by atoms with Crippen molar-refractivity contribution in [2.45, 2.75) is 18.9 Å². The van der Waals surface area contributed by atoms with Crippen LogP contribution in [0.5, 0.6) is 0 Å². The fraction of sp³-hybridized carbons (Fsp3) is 0.438. The predicted molar refractivity (Wildman–Crippen MR) is 95.1 cm³/mol. The number of hydrogen-bond acceptors (Lipinski definition) is 8. The lowest BCUT2D eigenvalue weighted by molar-refractivity contribution is -0.383. The van der Waals surface area contributed by atoms with Gasteiger partial charge in [0.25, 0.3) is 0 Å². The molecule has 0 aliphatic carbocycles. The zero-order valence-corrected chi connectivity index (χ0v) is 14.3. The Hall–Kier alpha value is -2.81. The maximum Gasteiger partial charge on any atom is 0.353 e. The lowest BCUT2D eigenvalue weighted by atomic mass is 10.0. The second-order valence-electron chi connectivity index (χ2n) is 6.16.